The average molecular weight is 333 g/mol. The number of anilines is 1. The Kier molecular flexibility index (Phi) is 3.68. The molecule has 0 saturated carbocycles. The van der Waals surface area contributed by atoms with Crippen molar-refractivity contribution in [3.8, 4) is 11.5 Å². The molecule has 2 fully saturated rings. The first kappa shape index (κ1) is 15.1. The second kappa shape index (κ2) is 5.86. The maximum absolute atomic E-state index is 12.5. The van der Waals surface area contributed by atoms with Crippen molar-refractivity contribution in [1.82, 2.24) is 9.80 Å². The highest BCUT2D eigenvalue weighted by Gasteiger charge is 2.41. The quantitative estimate of drug-likeness (QED) is 0.825. The summed E-state index contributed by atoms with van der Waals surface area (Å²) in [4.78, 5) is 27.8. The van der Waals surface area contributed by atoms with Gasteiger partial charge in [0.1, 0.15) is 0 Å². The van der Waals surface area contributed by atoms with E-state index in [9.17, 15) is 9.59 Å². The minimum absolute atomic E-state index is 0.0560. The molecule has 3 amide bonds. The summed E-state index contributed by atoms with van der Waals surface area (Å²) in [6.07, 6.45) is 0.260. The van der Waals surface area contributed by atoms with Gasteiger partial charge in [-0.25, -0.2) is 4.79 Å². The zero-order chi connectivity index (χ0) is 16.7. The summed E-state index contributed by atoms with van der Waals surface area (Å²) in [7, 11) is 1.77. The predicted octanol–water partition coefficient (Wildman–Crippen LogP) is 0.879. The van der Waals surface area contributed by atoms with Crippen LogP contribution in [0.1, 0.15) is 6.42 Å². The van der Waals surface area contributed by atoms with Crippen LogP contribution in [0.5, 0.6) is 11.5 Å². The molecule has 0 bridgehead atoms. The van der Waals surface area contributed by atoms with Crippen LogP contribution in [0, 0.1) is 0 Å². The van der Waals surface area contributed by atoms with E-state index >= 15 is 0 Å². The Morgan fingerprint density at radius 1 is 1.25 bits per heavy atom. The molecule has 1 N–H and O–H groups in total. The van der Waals surface area contributed by atoms with Crippen LogP contribution in [0.15, 0.2) is 18.2 Å². The lowest BCUT2D eigenvalue weighted by atomic mass is 10.2. The van der Waals surface area contributed by atoms with E-state index in [-0.39, 0.29) is 30.9 Å². The van der Waals surface area contributed by atoms with E-state index in [1.807, 2.05) is 0 Å². The summed E-state index contributed by atoms with van der Waals surface area (Å²) in [5, 5.41) is 2.86. The van der Waals surface area contributed by atoms with Gasteiger partial charge in [0, 0.05) is 25.3 Å². The summed E-state index contributed by atoms with van der Waals surface area (Å²) in [5.41, 5.74) is 0.640. The van der Waals surface area contributed by atoms with Crippen molar-refractivity contribution in [2.75, 3.05) is 38.9 Å². The third-order valence-corrected chi connectivity index (χ3v) is 4.69. The third kappa shape index (κ3) is 2.62. The molecule has 8 nitrogen and oxygen atoms in total. The van der Waals surface area contributed by atoms with Gasteiger partial charge in [0.25, 0.3) is 0 Å². The molecule has 0 radical (unpaired) electrons. The standard InChI is InChI=1S/C16H19N3O5/c1-18-11-7-19(8-14(11)22-5-4-15(18)20)16(21)17-10-2-3-12-13(6-10)24-9-23-12/h2-3,6,11,14H,4-5,7-9H2,1H3,(H,17,21)/t11-,14-/m0/s1. The van der Waals surface area contributed by atoms with Crippen molar-refractivity contribution < 1.29 is 23.8 Å². The van der Waals surface area contributed by atoms with Gasteiger partial charge in [-0.2, -0.15) is 0 Å². The van der Waals surface area contributed by atoms with Crippen LogP contribution >= 0.6 is 0 Å². The highest BCUT2D eigenvalue weighted by Crippen LogP contribution is 2.34. The van der Waals surface area contributed by atoms with Gasteiger partial charge in [0.15, 0.2) is 11.5 Å². The Bertz CT molecular complexity index is 680. The van der Waals surface area contributed by atoms with Crippen molar-refractivity contribution in [3.05, 3.63) is 18.2 Å². The molecule has 0 spiro atoms. The topological polar surface area (TPSA) is 80.3 Å². The van der Waals surface area contributed by atoms with Crippen LogP contribution < -0.4 is 14.8 Å². The molecule has 2 saturated heterocycles. The Balaban J connectivity index is 1.43. The molecule has 0 aromatic heterocycles. The second-order valence-corrected chi connectivity index (χ2v) is 6.13. The molecule has 3 aliphatic heterocycles. The predicted molar refractivity (Wildman–Crippen MR) is 84.1 cm³/mol. The van der Waals surface area contributed by atoms with E-state index < -0.39 is 0 Å². The minimum Gasteiger partial charge on any atom is -0.454 e. The van der Waals surface area contributed by atoms with Gasteiger partial charge in [-0.05, 0) is 12.1 Å². The molecule has 3 aliphatic rings. The highest BCUT2D eigenvalue weighted by atomic mass is 16.7. The van der Waals surface area contributed by atoms with Gasteiger partial charge in [-0.3, -0.25) is 4.79 Å². The monoisotopic (exact) mass is 333 g/mol. The molecule has 3 heterocycles. The maximum Gasteiger partial charge on any atom is 0.322 e. The van der Waals surface area contributed by atoms with Crippen molar-refractivity contribution in [1.29, 1.82) is 0 Å². The largest absolute Gasteiger partial charge is 0.454 e. The third-order valence-electron chi connectivity index (χ3n) is 4.69. The fourth-order valence-electron chi connectivity index (χ4n) is 3.29. The summed E-state index contributed by atoms with van der Waals surface area (Å²) in [6, 6.07) is 4.96. The molecule has 0 unspecified atom stereocenters. The lowest BCUT2D eigenvalue weighted by molar-refractivity contribution is -0.130. The molecule has 8 heteroatoms. The van der Waals surface area contributed by atoms with E-state index in [1.54, 1.807) is 35.0 Å². The Morgan fingerprint density at radius 2 is 2.08 bits per heavy atom. The zero-order valence-electron chi connectivity index (χ0n) is 13.4. The molecular weight excluding hydrogens is 314 g/mol. The fraction of sp³-hybridized carbons (Fsp3) is 0.500. The molecule has 1 aromatic rings. The van der Waals surface area contributed by atoms with Crippen molar-refractivity contribution in [3.63, 3.8) is 0 Å². The van der Waals surface area contributed by atoms with Gasteiger partial charge in [0.05, 0.1) is 31.7 Å². The zero-order valence-corrected chi connectivity index (χ0v) is 13.4. The smallest absolute Gasteiger partial charge is 0.322 e. The summed E-state index contributed by atoms with van der Waals surface area (Å²) < 4.78 is 16.3. The number of nitrogens with zero attached hydrogens (tertiary/aromatic N) is 2. The van der Waals surface area contributed by atoms with Gasteiger partial charge in [-0.15, -0.1) is 0 Å². The Hall–Kier alpha value is -2.48. The van der Waals surface area contributed by atoms with Crippen LogP contribution in [-0.4, -0.2) is 67.4 Å². The first-order valence-electron chi connectivity index (χ1n) is 7.94. The van der Waals surface area contributed by atoms with Gasteiger partial charge in [0.2, 0.25) is 12.7 Å². The molecule has 2 atom stereocenters. The van der Waals surface area contributed by atoms with E-state index in [0.717, 1.165) is 0 Å². The van der Waals surface area contributed by atoms with Crippen molar-refractivity contribution in [2.24, 2.45) is 0 Å². The Labute approximate surface area is 139 Å². The minimum atomic E-state index is -0.216. The van der Waals surface area contributed by atoms with E-state index in [2.05, 4.69) is 5.32 Å². The van der Waals surface area contributed by atoms with E-state index in [1.165, 1.54) is 0 Å². The number of amides is 3. The summed E-state index contributed by atoms with van der Waals surface area (Å²) in [6.45, 7) is 1.53. The second-order valence-electron chi connectivity index (χ2n) is 6.13. The van der Waals surface area contributed by atoms with E-state index in [4.69, 9.17) is 14.2 Å². The number of likely N-dealkylation sites (tertiary alicyclic amines) is 1. The molecule has 1 aromatic carbocycles. The summed E-state index contributed by atoms with van der Waals surface area (Å²) in [5.74, 6) is 1.35. The maximum atomic E-state index is 12.5. The highest BCUT2D eigenvalue weighted by molar-refractivity contribution is 5.90. The Morgan fingerprint density at radius 3 is 2.96 bits per heavy atom. The SMILES string of the molecule is CN1C(=O)CCO[C@H]2CN(C(=O)Nc3ccc4c(c3)OCO4)C[C@@H]21. The molecule has 24 heavy (non-hydrogen) atoms. The fourth-order valence-corrected chi connectivity index (χ4v) is 3.29. The number of carbonyl (C=O) groups excluding carboxylic acids is 2. The molecule has 0 aliphatic carbocycles. The van der Waals surface area contributed by atoms with Crippen LogP contribution in [0.2, 0.25) is 0 Å². The van der Waals surface area contributed by atoms with Crippen molar-refractivity contribution >= 4 is 17.6 Å². The number of carbonyl (C=O) groups is 2. The van der Waals surface area contributed by atoms with Gasteiger partial charge >= 0.3 is 6.03 Å². The van der Waals surface area contributed by atoms with Crippen molar-refractivity contribution in [2.45, 2.75) is 18.6 Å². The molecular formula is C16H19N3O5. The lowest BCUT2D eigenvalue weighted by Gasteiger charge is -2.25. The normalized spacial score (nSPS) is 25.5. The molecule has 128 valence electrons. The number of urea groups is 1. The van der Waals surface area contributed by atoms with Gasteiger partial charge in [-0.1, -0.05) is 0 Å². The number of hydrogen-bond donors (Lipinski definition) is 1. The number of hydrogen-bond acceptors (Lipinski definition) is 5. The number of fused-ring (bicyclic) bond motifs is 2. The van der Waals surface area contributed by atoms with Gasteiger partial charge < -0.3 is 29.3 Å². The molecule has 4 rings (SSSR count). The first-order chi connectivity index (χ1) is 11.6. The number of nitrogens with one attached hydrogen (secondary N) is 1. The number of benzene rings is 1. The van der Waals surface area contributed by atoms with Crippen LogP contribution in [0.25, 0.3) is 0 Å². The lowest BCUT2D eigenvalue weighted by Crippen LogP contribution is -2.43. The number of rotatable bonds is 1. The van der Waals surface area contributed by atoms with Crippen LogP contribution in [0.4, 0.5) is 10.5 Å². The van der Waals surface area contributed by atoms with Crippen LogP contribution in [-0.2, 0) is 9.53 Å². The number of ether oxygens (including phenoxy) is 3. The number of likely N-dealkylation sites (N-methyl/N-ethyl adjacent to an activating group) is 1. The summed E-state index contributed by atoms with van der Waals surface area (Å²) >= 11 is 0. The van der Waals surface area contributed by atoms with Crippen LogP contribution in [0.3, 0.4) is 0 Å². The van der Waals surface area contributed by atoms with E-state index in [0.29, 0.717) is 43.3 Å². The average Bonchev–Trinajstić information content (AvgIpc) is 3.17. The first-order valence-corrected chi connectivity index (χ1v) is 7.94.